The van der Waals surface area contributed by atoms with Gasteiger partial charge in [-0.05, 0) is 60.9 Å². The molecule has 6 nitrogen and oxygen atoms in total. The van der Waals surface area contributed by atoms with Crippen LogP contribution in [-0.4, -0.2) is 28.8 Å². The first-order valence-electron chi connectivity index (χ1n) is 10.0. The SMILES string of the molecule is CC(=O)N(Cc1cc(NC(=O)c2ccc(C#N)cc2)ccc1Cl)C1CCCCC1N. The van der Waals surface area contributed by atoms with Crippen molar-refractivity contribution in [2.45, 2.75) is 51.2 Å². The van der Waals surface area contributed by atoms with E-state index < -0.39 is 0 Å². The van der Waals surface area contributed by atoms with Gasteiger partial charge in [-0.2, -0.15) is 5.26 Å². The lowest BCUT2D eigenvalue weighted by Crippen LogP contribution is -2.51. The minimum absolute atomic E-state index is 0.00999. The van der Waals surface area contributed by atoms with Crippen molar-refractivity contribution in [3.8, 4) is 6.07 Å². The third-order valence-electron chi connectivity index (χ3n) is 5.51. The van der Waals surface area contributed by atoms with Gasteiger partial charge in [0.15, 0.2) is 0 Å². The van der Waals surface area contributed by atoms with E-state index >= 15 is 0 Å². The summed E-state index contributed by atoms with van der Waals surface area (Å²) in [4.78, 5) is 26.7. The Bertz CT molecular complexity index is 968. The van der Waals surface area contributed by atoms with Crippen LogP contribution < -0.4 is 11.1 Å². The number of nitriles is 1. The molecule has 2 aromatic rings. The zero-order valence-electron chi connectivity index (χ0n) is 16.9. The minimum Gasteiger partial charge on any atom is -0.334 e. The van der Waals surface area contributed by atoms with Gasteiger partial charge in [-0.25, -0.2) is 0 Å². The van der Waals surface area contributed by atoms with E-state index in [0.29, 0.717) is 28.4 Å². The number of hydrogen-bond acceptors (Lipinski definition) is 4. The second-order valence-corrected chi connectivity index (χ2v) is 8.02. The molecule has 3 rings (SSSR count). The fourth-order valence-electron chi connectivity index (χ4n) is 3.85. The molecule has 0 bridgehead atoms. The van der Waals surface area contributed by atoms with Crippen molar-refractivity contribution in [2.24, 2.45) is 5.73 Å². The molecule has 0 radical (unpaired) electrons. The Kier molecular flexibility index (Phi) is 7.09. The maximum Gasteiger partial charge on any atom is 0.255 e. The van der Waals surface area contributed by atoms with Gasteiger partial charge in [0.2, 0.25) is 5.91 Å². The summed E-state index contributed by atoms with van der Waals surface area (Å²) in [6.07, 6.45) is 3.92. The Hall–Kier alpha value is -2.88. The predicted molar refractivity (Wildman–Crippen MR) is 117 cm³/mol. The molecule has 2 atom stereocenters. The summed E-state index contributed by atoms with van der Waals surface area (Å²) >= 11 is 6.39. The molecule has 1 aliphatic carbocycles. The van der Waals surface area contributed by atoms with Crippen LogP contribution in [0.25, 0.3) is 0 Å². The minimum atomic E-state index is -0.287. The number of halogens is 1. The number of nitrogens with zero attached hydrogens (tertiary/aromatic N) is 2. The zero-order valence-corrected chi connectivity index (χ0v) is 17.7. The molecule has 0 spiro atoms. The van der Waals surface area contributed by atoms with Crippen molar-refractivity contribution in [1.82, 2.24) is 4.90 Å². The molecule has 0 heterocycles. The summed E-state index contributed by atoms with van der Waals surface area (Å²) in [5, 5.41) is 12.3. The Morgan fingerprint density at radius 3 is 2.53 bits per heavy atom. The number of carbonyl (C=O) groups excluding carboxylic acids is 2. The van der Waals surface area contributed by atoms with E-state index in [2.05, 4.69) is 5.32 Å². The van der Waals surface area contributed by atoms with Crippen LogP contribution in [0.4, 0.5) is 5.69 Å². The second-order valence-electron chi connectivity index (χ2n) is 7.61. The van der Waals surface area contributed by atoms with Crippen LogP contribution in [0, 0.1) is 11.3 Å². The average molecular weight is 425 g/mol. The topological polar surface area (TPSA) is 99.2 Å². The Labute approximate surface area is 181 Å². The highest BCUT2D eigenvalue weighted by Crippen LogP contribution is 2.27. The van der Waals surface area contributed by atoms with Crippen molar-refractivity contribution >= 4 is 29.1 Å². The molecule has 7 heteroatoms. The Morgan fingerprint density at radius 2 is 1.90 bits per heavy atom. The van der Waals surface area contributed by atoms with Crippen LogP contribution in [0.3, 0.4) is 0 Å². The van der Waals surface area contributed by atoms with Crippen LogP contribution in [0.1, 0.15) is 54.1 Å². The lowest BCUT2D eigenvalue weighted by Gasteiger charge is -2.38. The lowest BCUT2D eigenvalue weighted by atomic mass is 9.89. The zero-order chi connectivity index (χ0) is 21.7. The number of nitrogens with two attached hydrogens (primary N) is 1. The molecule has 2 amide bonds. The molecule has 3 N–H and O–H groups in total. The van der Waals surface area contributed by atoms with E-state index in [1.807, 2.05) is 6.07 Å². The quantitative estimate of drug-likeness (QED) is 0.755. The first-order chi connectivity index (χ1) is 14.4. The van der Waals surface area contributed by atoms with Gasteiger partial charge in [0.25, 0.3) is 5.91 Å². The van der Waals surface area contributed by atoms with Gasteiger partial charge < -0.3 is 16.0 Å². The van der Waals surface area contributed by atoms with E-state index in [4.69, 9.17) is 22.6 Å². The van der Waals surface area contributed by atoms with Crippen molar-refractivity contribution in [1.29, 1.82) is 5.26 Å². The van der Waals surface area contributed by atoms with Crippen molar-refractivity contribution in [2.75, 3.05) is 5.32 Å². The van der Waals surface area contributed by atoms with Gasteiger partial charge in [0, 0.05) is 41.8 Å². The molecule has 1 saturated carbocycles. The second kappa shape index (κ2) is 9.75. The van der Waals surface area contributed by atoms with Crippen LogP contribution >= 0.6 is 11.6 Å². The van der Waals surface area contributed by atoms with Crippen LogP contribution in [0.2, 0.25) is 5.02 Å². The van der Waals surface area contributed by atoms with E-state index in [1.54, 1.807) is 54.3 Å². The van der Waals surface area contributed by atoms with E-state index in [-0.39, 0.29) is 23.9 Å². The highest BCUT2D eigenvalue weighted by Gasteiger charge is 2.29. The Balaban J connectivity index is 1.77. The molecule has 2 aromatic carbocycles. The fraction of sp³-hybridized carbons (Fsp3) is 0.348. The summed E-state index contributed by atoms with van der Waals surface area (Å²) in [7, 11) is 0. The molecule has 30 heavy (non-hydrogen) atoms. The number of carbonyl (C=O) groups is 2. The number of rotatable bonds is 5. The third-order valence-corrected chi connectivity index (χ3v) is 5.88. The normalized spacial score (nSPS) is 18.3. The molecular weight excluding hydrogens is 400 g/mol. The number of amides is 2. The number of hydrogen-bond donors (Lipinski definition) is 2. The summed E-state index contributed by atoms with van der Waals surface area (Å²) in [6.45, 7) is 1.89. The fourth-order valence-corrected chi connectivity index (χ4v) is 4.02. The first-order valence-corrected chi connectivity index (χ1v) is 10.4. The largest absolute Gasteiger partial charge is 0.334 e. The molecule has 1 aliphatic rings. The number of benzene rings is 2. The molecule has 0 aromatic heterocycles. The van der Waals surface area contributed by atoms with Crippen molar-refractivity contribution < 1.29 is 9.59 Å². The number of anilines is 1. The maximum atomic E-state index is 12.5. The van der Waals surface area contributed by atoms with Crippen LogP contribution in [0.5, 0.6) is 0 Å². The van der Waals surface area contributed by atoms with E-state index in [0.717, 1.165) is 31.2 Å². The maximum absolute atomic E-state index is 12.5. The predicted octanol–water partition coefficient (Wildman–Crippen LogP) is 4.08. The lowest BCUT2D eigenvalue weighted by molar-refractivity contribution is -0.133. The molecule has 1 fully saturated rings. The summed E-state index contributed by atoms with van der Waals surface area (Å²) in [5.74, 6) is -0.328. The van der Waals surface area contributed by atoms with Gasteiger partial charge in [0.1, 0.15) is 0 Å². The van der Waals surface area contributed by atoms with Crippen molar-refractivity contribution in [3.63, 3.8) is 0 Å². The van der Waals surface area contributed by atoms with Crippen LogP contribution in [0.15, 0.2) is 42.5 Å². The molecule has 0 aliphatic heterocycles. The monoisotopic (exact) mass is 424 g/mol. The first kappa shape index (κ1) is 21.8. The van der Waals surface area contributed by atoms with Gasteiger partial charge in [-0.3, -0.25) is 9.59 Å². The Morgan fingerprint density at radius 1 is 1.20 bits per heavy atom. The highest BCUT2D eigenvalue weighted by molar-refractivity contribution is 6.31. The molecule has 0 saturated heterocycles. The summed E-state index contributed by atoms with van der Waals surface area (Å²) in [5.41, 5.74) is 8.56. The van der Waals surface area contributed by atoms with Gasteiger partial charge >= 0.3 is 0 Å². The van der Waals surface area contributed by atoms with E-state index in [9.17, 15) is 9.59 Å². The van der Waals surface area contributed by atoms with Crippen LogP contribution in [-0.2, 0) is 11.3 Å². The number of nitrogens with one attached hydrogen (secondary N) is 1. The molecule has 2 unspecified atom stereocenters. The highest BCUT2D eigenvalue weighted by atomic mass is 35.5. The average Bonchev–Trinajstić information content (AvgIpc) is 2.74. The van der Waals surface area contributed by atoms with E-state index in [1.165, 1.54) is 0 Å². The van der Waals surface area contributed by atoms with Gasteiger partial charge in [0.05, 0.1) is 11.6 Å². The van der Waals surface area contributed by atoms with Gasteiger partial charge in [-0.1, -0.05) is 24.4 Å². The summed E-state index contributed by atoms with van der Waals surface area (Å²) < 4.78 is 0. The molecule has 156 valence electrons. The standard InChI is InChI=1S/C23H25ClN4O2/c1-15(29)28(22-5-3-2-4-21(22)26)14-18-12-19(10-11-20(18)24)27-23(30)17-8-6-16(13-25)7-9-17/h6-12,21-22H,2-5,14,26H2,1H3,(H,27,30). The van der Waals surface area contributed by atoms with Gasteiger partial charge in [-0.15, -0.1) is 0 Å². The molecular formula is C23H25ClN4O2. The smallest absolute Gasteiger partial charge is 0.255 e. The third kappa shape index (κ3) is 5.18. The summed E-state index contributed by atoms with van der Waals surface area (Å²) in [6, 6.07) is 13.6. The van der Waals surface area contributed by atoms with Crippen molar-refractivity contribution in [3.05, 3.63) is 64.2 Å².